The molecular weight excluding hydrogens is 625 g/mol. The number of hydrogen-bond acceptors (Lipinski definition) is 4. The lowest BCUT2D eigenvalue weighted by molar-refractivity contribution is -0.870. The van der Waals surface area contributed by atoms with Crippen LogP contribution in [0.5, 0.6) is 0 Å². The van der Waals surface area contributed by atoms with Crippen molar-refractivity contribution in [3.8, 4) is 0 Å². The number of unbranched alkanes of at least 4 members (excludes halogenated alkanes) is 30. The number of rotatable bonds is 39. The third-order valence-electron chi connectivity index (χ3n) is 9.67. The molecular formula is C43H93NO4P+. The largest absolute Gasteiger partial charge is 0.391 e. The zero-order valence-corrected chi connectivity index (χ0v) is 35.6. The van der Waals surface area contributed by atoms with E-state index in [9.17, 15) is 4.57 Å². The average Bonchev–Trinajstić information content (AvgIpc) is 3.06. The molecule has 0 fully saturated rings. The summed E-state index contributed by atoms with van der Waals surface area (Å²) in [5.41, 5.74) is 0. The van der Waals surface area contributed by atoms with Crippen molar-refractivity contribution >= 4 is 7.60 Å². The Morgan fingerprint density at radius 1 is 0.429 bits per heavy atom. The van der Waals surface area contributed by atoms with E-state index in [-0.39, 0.29) is 6.61 Å². The molecule has 5 nitrogen and oxygen atoms in total. The molecule has 0 aromatic rings. The molecule has 1 atom stereocenters. The Balaban J connectivity index is 0. The van der Waals surface area contributed by atoms with Gasteiger partial charge in [-0.1, -0.05) is 206 Å². The number of quaternary nitrogens is 1. The monoisotopic (exact) mass is 719 g/mol. The molecule has 1 unspecified atom stereocenters. The van der Waals surface area contributed by atoms with Crippen LogP contribution in [-0.2, 0) is 13.6 Å². The van der Waals surface area contributed by atoms with E-state index in [1.807, 2.05) is 6.92 Å². The van der Waals surface area contributed by atoms with Gasteiger partial charge in [0.25, 0.3) is 0 Å². The van der Waals surface area contributed by atoms with Gasteiger partial charge in [0.15, 0.2) is 0 Å². The fourth-order valence-corrected chi connectivity index (χ4v) is 8.11. The van der Waals surface area contributed by atoms with Gasteiger partial charge in [0.1, 0.15) is 6.54 Å². The van der Waals surface area contributed by atoms with Gasteiger partial charge in [0.05, 0.1) is 47.1 Å². The molecule has 0 bridgehead atoms. The van der Waals surface area contributed by atoms with Crippen molar-refractivity contribution in [1.29, 1.82) is 0 Å². The maximum atomic E-state index is 13.1. The second-order valence-corrected chi connectivity index (χ2v) is 18.1. The highest BCUT2D eigenvalue weighted by Crippen LogP contribution is 2.49. The summed E-state index contributed by atoms with van der Waals surface area (Å²) in [4.78, 5) is 0. The summed E-state index contributed by atoms with van der Waals surface area (Å²) < 4.78 is 25.4. The van der Waals surface area contributed by atoms with Crippen LogP contribution in [0.4, 0.5) is 0 Å². The van der Waals surface area contributed by atoms with Crippen LogP contribution >= 0.6 is 7.60 Å². The lowest BCUT2D eigenvalue weighted by Gasteiger charge is -2.21. The average molecular weight is 719 g/mol. The number of hydrogen-bond donors (Lipinski definition) is 1. The van der Waals surface area contributed by atoms with Gasteiger partial charge >= 0.3 is 7.60 Å². The summed E-state index contributed by atoms with van der Waals surface area (Å²) in [6.45, 7) is 8.70. The van der Waals surface area contributed by atoms with Gasteiger partial charge in [-0.3, -0.25) is 4.57 Å². The second kappa shape index (κ2) is 40.8. The minimum absolute atomic E-state index is 0.281. The van der Waals surface area contributed by atoms with Crippen LogP contribution in [0.1, 0.15) is 226 Å². The first-order chi connectivity index (χ1) is 23.7. The number of likely N-dealkylation sites (N-methyl/N-ethyl adjacent to an activating group) is 1. The Labute approximate surface area is 310 Å². The number of nitrogens with zero attached hydrogens (tertiary/aromatic N) is 1. The van der Waals surface area contributed by atoms with E-state index < -0.39 is 7.60 Å². The Hall–Kier alpha value is 0.0700. The van der Waals surface area contributed by atoms with Gasteiger partial charge in [-0.25, -0.2) is 0 Å². The van der Waals surface area contributed by atoms with Crippen LogP contribution in [-0.4, -0.2) is 63.3 Å². The van der Waals surface area contributed by atoms with Crippen molar-refractivity contribution in [3.63, 3.8) is 0 Å². The Morgan fingerprint density at radius 3 is 0.959 bits per heavy atom. The van der Waals surface area contributed by atoms with Crippen LogP contribution < -0.4 is 0 Å². The Bertz CT molecular complexity index is 654. The lowest BCUT2D eigenvalue weighted by atomic mass is 10.0. The van der Waals surface area contributed by atoms with Gasteiger partial charge in [-0.05, 0) is 19.8 Å². The Morgan fingerprint density at radius 2 is 0.714 bits per heavy atom. The molecule has 1 N–H and O–H groups in total. The molecule has 0 aliphatic carbocycles. The first kappa shape index (κ1) is 51.2. The number of aliphatic hydroxyl groups excluding tert-OH is 1. The van der Waals surface area contributed by atoms with Crippen LogP contribution in [0.2, 0.25) is 0 Å². The summed E-state index contributed by atoms with van der Waals surface area (Å²) >= 11 is 0. The highest BCUT2D eigenvalue weighted by Gasteiger charge is 2.23. The molecule has 0 aromatic heterocycles. The summed E-state index contributed by atoms with van der Waals surface area (Å²) in [6, 6.07) is 0. The van der Waals surface area contributed by atoms with E-state index in [2.05, 4.69) is 35.0 Å². The standard InChI is InChI=1S/C38H79O3P.C5H14NO/c1-4-7-9-11-13-15-17-19-21-23-25-27-29-31-33-35-37-41-42(39,40-6-3)38-36-34-32-30-28-26-24-22-20-18-16-14-12-10-8-5-2;1-6(2,3)4-5-7/h4-38H2,1-3H3;7H,4-5H2,1-3H3/q;+1. The van der Waals surface area contributed by atoms with E-state index in [0.29, 0.717) is 19.4 Å². The normalized spacial score (nSPS) is 13.0. The molecule has 0 heterocycles. The van der Waals surface area contributed by atoms with Crippen molar-refractivity contribution in [2.24, 2.45) is 0 Å². The predicted molar refractivity (Wildman–Crippen MR) is 219 cm³/mol. The van der Waals surface area contributed by atoms with Crippen LogP contribution in [0, 0.1) is 0 Å². The van der Waals surface area contributed by atoms with Crippen molar-refractivity contribution in [3.05, 3.63) is 0 Å². The smallest absolute Gasteiger partial charge is 0.330 e. The minimum Gasteiger partial charge on any atom is -0.391 e. The highest BCUT2D eigenvalue weighted by atomic mass is 31.2. The second-order valence-electron chi connectivity index (χ2n) is 15.9. The van der Waals surface area contributed by atoms with E-state index in [4.69, 9.17) is 14.2 Å². The van der Waals surface area contributed by atoms with E-state index in [0.717, 1.165) is 30.3 Å². The number of aliphatic hydroxyl groups is 1. The van der Waals surface area contributed by atoms with Crippen LogP contribution in [0.15, 0.2) is 0 Å². The molecule has 49 heavy (non-hydrogen) atoms. The van der Waals surface area contributed by atoms with E-state index >= 15 is 0 Å². The summed E-state index contributed by atoms with van der Waals surface area (Å²) in [5.74, 6) is 0. The third-order valence-corrected chi connectivity index (χ3v) is 11.8. The molecule has 0 saturated carbocycles. The molecule has 0 rings (SSSR count). The fraction of sp³-hybridized carbons (Fsp3) is 1.00. The predicted octanol–water partition coefficient (Wildman–Crippen LogP) is 14.4. The molecule has 298 valence electrons. The maximum absolute atomic E-state index is 13.1. The zero-order chi connectivity index (χ0) is 36.6. The summed E-state index contributed by atoms with van der Waals surface area (Å²) in [7, 11) is 3.26. The van der Waals surface area contributed by atoms with Crippen molar-refractivity contribution < 1.29 is 23.2 Å². The molecule has 0 amide bonds. The first-order valence-corrected chi connectivity index (χ1v) is 23.8. The fourth-order valence-electron chi connectivity index (χ4n) is 6.37. The van der Waals surface area contributed by atoms with Crippen molar-refractivity contribution in [2.45, 2.75) is 226 Å². The molecule has 0 aliphatic rings. The zero-order valence-electron chi connectivity index (χ0n) is 34.7. The van der Waals surface area contributed by atoms with Crippen molar-refractivity contribution in [1.82, 2.24) is 0 Å². The van der Waals surface area contributed by atoms with Crippen LogP contribution in [0.3, 0.4) is 0 Å². The molecule has 0 aliphatic heterocycles. The summed E-state index contributed by atoms with van der Waals surface area (Å²) in [5, 5.41) is 8.39. The summed E-state index contributed by atoms with van der Waals surface area (Å²) in [6.07, 6.45) is 44.1. The van der Waals surface area contributed by atoms with E-state index in [1.54, 1.807) is 0 Å². The topological polar surface area (TPSA) is 55.8 Å². The molecule has 0 saturated heterocycles. The molecule has 0 radical (unpaired) electrons. The van der Waals surface area contributed by atoms with Crippen molar-refractivity contribution in [2.75, 3.05) is 53.7 Å². The minimum atomic E-state index is -2.90. The lowest BCUT2D eigenvalue weighted by Crippen LogP contribution is -2.36. The van der Waals surface area contributed by atoms with Gasteiger partial charge in [-0.15, -0.1) is 0 Å². The molecule has 0 spiro atoms. The first-order valence-electron chi connectivity index (χ1n) is 22.0. The van der Waals surface area contributed by atoms with Gasteiger partial charge in [0, 0.05) is 0 Å². The van der Waals surface area contributed by atoms with Crippen LogP contribution in [0.25, 0.3) is 0 Å². The molecule has 0 aromatic carbocycles. The SMILES string of the molecule is CCCCCCCCCCCCCCCCCCOP(=O)(CCCCCCCCCCCCCCCCCC)OCC.C[N+](C)(C)CCO. The highest BCUT2D eigenvalue weighted by molar-refractivity contribution is 7.53. The van der Waals surface area contributed by atoms with E-state index in [1.165, 1.54) is 186 Å². The van der Waals surface area contributed by atoms with Gasteiger partial charge in [-0.2, -0.15) is 0 Å². The van der Waals surface area contributed by atoms with Gasteiger partial charge in [0.2, 0.25) is 0 Å². The third kappa shape index (κ3) is 46.0. The maximum Gasteiger partial charge on any atom is 0.330 e. The molecule has 6 heteroatoms. The van der Waals surface area contributed by atoms with Gasteiger partial charge < -0.3 is 18.6 Å². The Kier molecular flexibility index (Phi) is 42.6. The quantitative estimate of drug-likeness (QED) is 0.0390.